The second-order valence-electron chi connectivity index (χ2n) is 5.44. The molecule has 0 aromatic heterocycles. The Hall–Kier alpha value is -1.00. The zero-order chi connectivity index (χ0) is 13.8. The fourth-order valence-corrected chi connectivity index (χ4v) is 2.85. The van der Waals surface area contributed by atoms with Crippen LogP contribution in [0, 0.1) is 11.6 Å². The van der Waals surface area contributed by atoms with Crippen LogP contribution in [0.3, 0.4) is 0 Å². The van der Waals surface area contributed by atoms with Crippen LogP contribution in [0.2, 0.25) is 0 Å². The van der Waals surface area contributed by atoms with Crippen LogP contribution in [0.4, 0.5) is 8.78 Å². The van der Waals surface area contributed by atoms with E-state index in [4.69, 9.17) is 0 Å². The van der Waals surface area contributed by atoms with E-state index in [0.717, 1.165) is 31.7 Å². The first-order valence-electron chi connectivity index (χ1n) is 6.91. The third-order valence-electron chi connectivity index (χ3n) is 4.16. The van der Waals surface area contributed by atoms with Gasteiger partial charge in [0.15, 0.2) is 0 Å². The molecule has 19 heavy (non-hydrogen) atoms. The topological polar surface area (TPSA) is 15.3 Å². The summed E-state index contributed by atoms with van der Waals surface area (Å²) in [5, 5.41) is 3.31. The van der Waals surface area contributed by atoms with Gasteiger partial charge in [-0.15, -0.1) is 0 Å². The van der Waals surface area contributed by atoms with Crippen molar-refractivity contribution in [3.63, 3.8) is 0 Å². The SMILES string of the molecule is CNC1CCC(N(C)Cc2ccc(F)cc2F)CC1. The quantitative estimate of drug-likeness (QED) is 0.903. The highest BCUT2D eigenvalue weighted by Crippen LogP contribution is 2.24. The minimum Gasteiger partial charge on any atom is -0.317 e. The standard InChI is InChI=1S/C15H22F2N2/c1-18-13-5-7-14(8-6-13)19(2)10-11-3-4-12(16)9-15(11)17/h3-4,9,13-14,18H,5-8,10H2,1-2H3. The summed E-state index contributed by atoms with van der Waals surface area (Å²) >= 11 is 0. The highest BCUT2D eigenvalue weighted by molar-refractivity contribution is 5.18. The molecular weight excluding hydrogens is 246 g/mol. The predicted molar refractivity (Wildman–Crippen MR) is 72.9 cm³/mol. The molecular formula is C15H22F2N2. The molecule has 0 radical (unpaired) electrons. The second kappa shape index (κ2) is 6.44. The molecule has 0 unspecified atom stereocenters. The van der Waals surface area contributed by atoms with Gasteiger partial charge in [0.25, 0.3) is 0 Å². The predicted octanol–water partition coefficient (Wildman–Crippen LogP) is 2.93. The molecule has 0 bridgehead atoms. The summed E-state index contributed by atoms with van der Waals surface area (Å²) in [5.41, 5.74) is 0.569. The van der Waals surface area contributed by atoms with Crippen molar-refractivity contribution >= 4 is 0 Å². The molecule has 4 heteroatoms. The Kier molecular flexibility index (Phi) is 4.88. The Balaban J connectivity index is 1.92. The van der Waals surface area contributed by atoms with Gasteiger partial charge < -0.3 is 5.32 Å². The smallest absolute Gasteiger partial charge is 0.130 e. The third-order valence-corrected chi connectivity index (χ3v) is 4.16. The zero-order valence-corrected chi connectivity index (χ0v) is 11.6. The van der Waals surface area contributed by atoms with Crippen LogP contribution < -0.4 is 5.32 Å². The van der Waals surface area contributed by atoms with E-state index in [-0.39, 0.29) is 0 Å². The Morgan fingerprint density at radius 3 is 2.47 bits per heavy atom. The van der Waals surface area contributed by atoms with Gasteiger partial charge in [-0.05, 0) is 45.8 Å². The van der Waals surface area contributed by atoms with Crippen molar-refractivity contribution in [3.8, 4) is 0 Å². The van der Waals surface area contributed by atoms with Gasteiger partial charge in [-0.25, -0.2) is 8.78 Å². The first-order valence-corrected chi connectivity index (χ1v) is 6.91. The minimum absolute atomic E-state index is 0.448. The molecule has 0 amide bonds. The zero-order valence-electron chi connectivity index (χ0n) is 11.6. The summed E-state index contributed by atoms with van der Waals surface area (Å²) < 4.78 is 26.5. The third kappa shape index (κ3) is 3.74. The number of benzene rings is 1. The van der Waals surface area contributed by atoms with Gasteiger partial charge in [0.1, 0.15) is 11.6 Å². The molecule has 0 atom stereocenters. The second-order valence-corrected chi connectivity index (χ2v) is 5.44. The van der Waals surface area contributed by atoms with Crippen molar-refractivity contribution in [2.75, 3.05) is 14.1 Å². The lowest BCUT2D eigenvalue weighted by Gasteiger charge is -2.34. The van der Waals surface area contributed by atoms with E-state index in [2.05, 4.69) is 10.2 Å². The summed E-state index contributed by atoms with van der Waals surface area (Å²) in [4.78, 5) is 2.18. The average Bonchev–Trinajstić information content (AvgIpc) is 2.42. The van der Waals surface area contributed by atoms with E-state index < -0.39 is 11.6 Å². The summed E-state index contributed by atoms with van der Waals surface area (Å²) in [5.74, 6) is -0.964. The van der Waals surface area contributed by atoms with E-state index in [1.54, 1.807) is 6.07 Å². The van der Waals surface area contributed by atoms with E-state index >= 15 is 0 Å². The van der Waals surface area contributed by atoms with Crippen molar-refractivity contribution in [2.45, 2.75) is 44.3 Å². The molecule has 1 aliphatic rings. The maximum atomic E-state index is 13.6. The van der Waals surface area contributed by atoms with E-state index in [1.165, 1.54) is 6.07 Å². The van der Waals surface area contributed by atoms with Crippen LogP contribution in [0.15, 0.2) is 18.2 Å². The summed E-state index contributed by atoms with van der Waals surface area (Å²) in [7, 11) is 4.02. The molecule has 0 heterocycles. The Morgan fingerprint density at radius 1 is 1.21 bits per heavy atom. The highest BCUT2D eigenvalue weighted by Gasteiger charge is 2.23. The Morgan fingerprint density at radius 2 is 1.89 bits per heavy atom. The average molecular weight is 268 g/mol. The van der Waals surface area contributed by atoms with Crippen molar-refractivity contribution in [1.82, 2.24) is 10.2 Å². The van der Waals surface area contributed by atoms with Crippen LogP contribution in [0.25, 0.3) is 0 Å². The fraction of sp³-hybridized carbons (Fsp3) is 0.600. The number of nitrogens with one attached hydrogen (secondary N) is 1. The van der Waals surface area contributed by atoms with Gasteiger partial charge in [0.05, 0.1) is 0 Å². The number of nitrogens with zero attached hydrogens (tertiary/aromatic N) is 1. The lowest BCUT2D eigenvalue weighted by atomic mass is 9.90. The number of rotatable bonds is 4. The van der Waals surface area contributed by atoms with E-state index in [0.29, 0.717) is 24.2 Å². The molecule has 0 spiro atoms. The molecule has 1 N–H and O–H groups in total. The first kappa shape index (κ1) is 14.4. The van der Waals surface area contributed by atoms with Crippen LogP contribution >= 0.6 is 0 Å². The first-order chi connectivity index (χ1) is 9.10. The number of halogens is 2. The Bertz CT molecular complexity index is 415. The normalized spacial score (nSPS) is 23.8. The van der Waals surface area contributed by atoms with Crippen LogP contribution in [0.1, 0.15) is 31.2 Å². The van der Waals surface area contributed by atoms with Gasteiger partial charge >= 0.3 is 0 Å². The summed E-state index contributed by atoms with van der Waals surface area (Å²) in [6.45, 7) is 0.543. The molecule has 2 rings (SSSR count). The van der Waals surface area contributed by atoms with Crippen molar-refractivity contribution in [2.24, 2.45) is 0 Å². The molecule has 2 nitrogen and oxygen atoms in total. The van der Waals surface area contributed by atoms with Crippen LogP contribution in [-0.2, 0) is 6.54 Å². The molecule has 1 saturated carbocycles. The maximum absolute atomic E-state index is 13.6. The van der Waals surface area contributed by atoms with Gasteiger partial charge in [0, 0.05) is 30.3 Å². The molecule has 0 aliphatic heterocycles. The van der Waals surface area contributed by atoms with Gasteiger partial charge in [0.2, 0.25) is 0 Å². The van der Waals surface area contributed by atoms with Gasteiger partial charge in [-0.1, -0.05) is 6.07 Å². The van der Waals surface area contributed by atoms with Gasteiger partial charge in [-0.2, -0.15) is 0 Å². The summed E-state index contributed by atoms with van der Waals surface area (Å²) in [6, 6.07) is 4.94. The largest absolute Gasteiger partial charge is 0.317 e. The van der Waals surface area contributed by atoms with Crippen molar-refractivity contribution in [3.05, 3.63) is 35.4 Å². The van der Waals surface area contributed by atoms with E-state index in [9.17, 15) is 8.78 Å². The highest BCUT2D eigenvalue weighted by atomic mass is 19.1. The van der Waals surface area contributed by atoms with Gasteiger partial charge in [-0.3, -0.25) is 4.90 Å². The molecule has 1 aromatic carbocycles. The Labute approximate surface area is 113 Å². The van der Waals surface area contributed by atoms with Crippen molar-refractivity contribution in [1.29, 1.82) is 0 Å². The molecule has 0 saturated heterocycles. The lowest BCUT2D eigenvalue weighted by molar-refractivity contribution is 0.168. The summed E-state index contributed by atoms with van der Waals surface area (Å²) in [6.07, 6.45) is 4.59. The molecule has 1 aromatic rings. The van der Waals surface area contributed by atoms with Crippen LogP contribution in [0.5, 0.6) is 0 Å². The minimum atomic E-state index is -0.515. The number of hydrogen-bond acceptors (Lipinski definition) is 2. The van der Waals surface area contributed by atoms with E-state index in [1.807, 2.05) is 14.1 Å². The maximum Gasteiger partial charge on any atom is 0.130 e. The monoisotopic (exact) mass is 268 g/mol. The lowest BCUT2D eigenvalue weighted by Crippen LogP contribution is -2.39. The van der Waals surface area contributed by atoms with Crippen molar-refractivity contribution < 1.29 is 8.78 Å². The molecule has 1 fully saturated rings. The number of hydrogen-bond donors (Lipinski definition) is 1. The molecule has 1 aliphatic carbocycles. The van der Waals surface area contributed by atoms with Crippen LogP contribution in [-0.4, -0.2) is 31.1 Å². The fourth-order valence-electron chi connectivity index (χ4n) is 2.85. The molecule has 106 valence electrons.